The molecule has 3 N–H and O–H groups in total. The largest absolute Gasteiger partial charge is 0.491 e. The minimum atomic E-state index is -0.998. The molecule has 6 heteroatoms. The van der Waals surface area contributed by atoms with E-state index in [1.54, 1.807) is 12.1 Å². The third-order valence-electron chi connectivity index (χ3n) is 9.18. The van der Waals surface area contributed by atoms with E-state index in [2.05, 4.69) is 53.6 Å². The van der Waals surface area contributed by atoms with Gasteiger partial charge in [0.1, 0.15) is 11.3 Å². The topological polar surface area (TPSA) is 74.3 Å². The highest BCUT2D eigenvalue weighted by Crippen LogP contribution is 2.56. The summed E-state index contributed by atoms with van der Waals surface area (Å²) in [5.41, 5.74) is 3.66. The van der Waals surface area contributed by atoms with Crippen molar-refractivity contribution in [1.82, 2.24) is 4.98 Å². The van der Waals surface area contributed by atoms with Crippen molar-refractivity contribution in [1.29, 1.82) is 0 Å². The number of aliphatic carboxylic acids is 1. The van der Waals surface area contributed by atoms with Crippen LogP contribution in [0.1, 0.15) is 50.2 Å². The van der Waals surface area contributed by atoms with E-state index in [4.69, 9.17) is 16.3 Å². The maximum Gasteiger partial charge on any atom is 0.329 e. The number of carbonyl (C=O) groups is 1. The number of fused-ring (bicyclic) bond motifs is 3. The monoisotopic (exact) mass is 542 g/mol. The molecule has 2 aliphatic rings. The molecule has 0 amide bonds. The van der Waals surface area contributed by atoms with E-state index in [0.717, 1.165) is 48.0 Å². The first-order chi connectivity index (χ1) is 18.9. The molecule has 0 aliphatic heterocycles. The molecule has 202 valence electrons. The number of aromatic amines is 1. The predicted molar refractivity (Wildman–Crippen MR) is 157 cm³/mol. The molecule has 1 unspecified atom stereocenters. The molecular formula is C33H35ClN2O3. The van der Waals surface area contributed by atoms with Gasteiger partial charge in [-0.05, 0) is 97.2 Å². The van der Waals surface area contributed by atoms with Crippen molar-refractivity contribution in [2.75, 3.05) is 11.9 Å². The van der Waals surface area contributed by atoms with Crippen molar-refractivity contribution in [3.8, 4) is 5.75 Å². The molecule has 0 radical (unpaired) electrons. The number of hydrogen-bond acceptors (Lipinski definition) is 3. The van der Waals surface area contributed by atoms with Crippen LogP contribution >= 0.6 is 11.6 Å². The molecule has 2 atom stereocenters. The second-order valence-electron chi connectivity index (χ2n) is 11.6. The first-order valence-electron chi connectivity index (χ1n) is 13.9. The fraction of sp³-hybridized carbons (Fsp3) is 0.364. The maximum atomic E-state index is 12.7. The lowest BCUT2D eigenvalue weighted by Gasteiger charge is -2.47. The van der Waals surface area contributed by atoms with Crippen molar-refractivity contribution in [2.45, 2.75) is 56.4 Å². The number of anilines is 1. The molecular weight excluding hydrogens is 508 g/mol. The van der Waals surface area contributed by atoms with Gasteiger partial charge in [-0.1, -0.05) is 61.0 Å². The normalized spacial score (nSPS) is 24.9. The number of carboxylic acids is 1. The fourth-order valence-corrected chi connectivity index (χ4v) is 7.35. The van der Waals surface area contributed by atoms with Crippen LogP contribution in [0.15, 0.2) is 79.0 Å². The Bertz CT molecular complexity index is 1490. The quantitative estimate of drug-likeness (QED) is 0.212. The van der Waals surface area contributed by atoms with Gasteiger partial charge in [-0.2, -0.15) is 0 Å². The summed E-state index contributed by atoms with van der Waals surface area (Å²) in [6.45, 7) is 2.93. The smallest absolute Gasteiger partial charge is 0.329 e. The van der Waals surface area contributed by atoms with Gasteiger partial charge in [0, 0.05) is 27.8 Å². The summed E-state index contributed by atoms with van der Waals surface area (Å²) < 4.78 is 6.30. The third kappa shape index (κ3) is 4.78. The lowest BCUT2D eigenvalue weighted by molar-refractivity contribution is -0.144. The molecule has 1 aromatic heterocycles. The number of para-hydroxylation sites is 1. The lowest BCUT2D eigenvalue weighted by Crippen LogP contribution is -2.53. The zero-order valence-corrected chi connectivity index (χ0v) is 23.0. The van der Waals surface area contributed by atoms with Crippen LogP contribution in [0, 0.1) is 11.8 Å². The van der Waals surface area contributed by atoms with Crippen molar-refractivity contribution >= 4 is 34.2 Å². The Kier molecular flexibility index (Phi) is 6.80. The summed E-state index contributed by atoms with van der Waals surface area (Å²) in [4.78, 5) is 15.9. The molecule has 39 heavy (non-hydrogen) atoms. The summed E-state index contributed by atoms with van der Waals surface area (Å²) in [6, 6.07) is 24.4. The molecule has 1 spiro atoms. The standard InChI is InChI=1S/C33H35ClN2O3/c1-22(21-39-30-20-35-29-12-5-3-10-27(29)30)17-24-18-23-7-2-4-11-28(23)32(24)13-15-33(16-14-32,31(37)38)36-26-9-6-8-25(34)19-26/h2-12,19-20,22,24,35-36H,13-18,21H2,1H3,(H,37,38)/t22-,24?,32?,33?/m1/s1. The van der Waals surface area contributed by atoms with Gasteiger partial charge in [-0.15, -0.1) is 0 Å². The summed E-state index contributed by atoms with van der Waals surface area (Å²) >= 11 is 6.20. The van der Waals surface area contributed by atoms with Crippen LogP contribution in [0.2, 0.25) is 5.02 Å². The number of nitrogens with one attached hydrogen (secondary N) is 2. The summed E-state index contributed by atoms with van der Waals surface area (Å²) in [5.74, 6) is 0.929. The van der Waals surface area contributed by atoms with E-state index in [1.165, 1.54) is 11.1 Å². The molecule has 2 aliphatic carbocycles. The number of hydrogen-bond donors (Lipinski definition) is 3. The fourth-order valence-electron chi connectivity index (χ4n) is 7.16. The predicted octanol–water partition coefficient (Wildman–Crippen LogP) is 7.85. The van der Waals surface area contributed by atoms with Crippen molar-refractivity contribution in [3.63, 3.8) is 0 Å². The van der Waals surface area contributed by atoms with Gasteiger partial charge in [-0.3, -0.25) is 0 Å². The molecule has 1 fully saturated rings. The van der Waals surface area contributed by atoms with Crippen LogP contribution < -0.4 is 10.1 Å². The number of halogens is 1. The number of ether oxygens (including phenoxy) is 1. The third-order valence-corrected chi connectivity index (χ3v) is 9.41. The van der Waals surface area contributed by atoms with Crippen LogP contribution in [0.25, 0.3) is 10.9 Å². The number of H-pyrrole nitrogens is 1. The summed E-state index contributed by atoms with van der Waals surface area (Å²) in [5, 5.41) is 15.5. The van der Waals surface area contributed by atoms with E-state index < -0.39 is 11.5 Å². The van der Waals surface area contributed by atoms with Gasteiger partial charge in [0.05, 0.1) is 6.61 Å². The first-order valence-corrected chi connectivity index (χ1v) is 14.3. The van der Waals surface area contributed by atoms with E-state index in [-0.39, 0.29) is 5.41 Å². The highest BCUT2D eigenvalue weighted by molar-refractivity contribution is 6.30. The molecule has 1 saturated carbocycles. The Morgan fingerprint density at radius 2 is 1.85 bits per heavy atom. The van der Waals surface area contributed by atoms with Crippen LogP contribution in [-0.2, 0) is 16.6 Å². The molecule has 4 aromatic rings. The Morgan fingerprint density at radius 1 is 1.08 bits per heavy atom. The average Bonchev–Trinajstić information content (AvgIpc) is 3.48. The second kappa shape index (κ2) is 10.3. The number of benzene rings is 3. The van der Waals surface area contributed by atoms with Crippen LogP contribution in [0.4, 0.5) is 5.69 Å². The van der Waals surface area contributed by atoms with Crippen molar-refractivity contribution < 1.29 is 14.6 Å². The van der Waals surface area contributed by atoms with Crippen LogP contribution in [-0.4, -0.2) is 28.2 Å². The average molecular weight is 543 g/mol. The minimum absolute atomic E-state index is 0.0133. The van der Waals surface area contributed by atoms with E-state index in [9.17, 15) is 9.90 Å². The van der Waals surface area contributed by atoms with Crippen LogP contribution in [0.5, 0.6) is 5.75 Å². The van der Waals surface area contributed by atoms with Gasteiger partial charge in [0.2, 0.25) is 0 Å². The van der Waals surface area contributed by atoms with Crippen LogP contribution in [0.3, 0.4) is 0 Å². The Labute approximate surface area is 234 Å². The van der Waals surface area contributed by atoms with E-state index in [0.29, 0.717) is 36.3 Å². The zero-order valence-electron chi connectivity index (χ0n) is 22.3. The lowest BCUT2D eigenvalue weighted by atomic mass is 9.59. The summed E-state index contributed by atoms with van der Waals surface area (Å²) in [6.07, 6.45) is 6.84. The highest BCUT2D eigenvalue weighted by Gasteiger charge is 2.54. The zero-order chi connectivity index (χ0) is 27.0. The Morgan fingerprint density at radius 3 is 2.64 bits per heavy atom. The maximum absolute atomic E-state index is 12.7. The van der Waals surface area contributed by atoms with Gasteiger partial charge in [-0.25, -0.2) is 4.79 Å². The SMILES string of the molecule is C[C@@H](COc1c[nH]c2ccccc12)CC1Cc2ccccc2C12CCC(Nc1cccc(Cl)c1)(C(=O)O)CC2. The minimum Gasteiger partial charge on any atom is -0.491 e. The Balaban J connectivity index is 1.20. The van der Waals surface area contributed by atoms with Gasteiger partial charge in [0.25, 0.3) is 0 Å². The summed E-state index contributed by atoms with van der Waals surface area (Å²) in [7, 11) is 0. The van der Waals surface area contributed by atoms with Gasteiger partial charge >= 0.3 is 5.97 Å². The highest BCUT2D eigenvalue weighted by atomic mass is 35.5. The number of carboxylic acid groups (broad SMARTS) is 1. The van der Waals surface area contributed by atoms with Crippen molar-refractivity contribution in [3.05, 3.63) is 95.1 Å². The first kappa shape index (κ1) is 25.8. The number of rotatable bonds is 8. The molecule has 5 nitrogen and oxygen atoms in total. The molecule has 1 heterocycles. The van der Waals surface area contributed by atoms with Gasteiger partial charge < -0.3 is 20.1 Å². The molecule has 6 rings (SSSR count). The molecule has 0 saturated heterocycles. The van der Waals surface area contributed by atoms with Gasteiger partial charge in [0.15, 0.2) is 0 Å². The number of aromatic nitrogens is 1. The molecule has 3 aromatic carbocycles. The second-order valence-corrected chi connectivity index (χ2v) is 12.0. The van der Waals surface area contributed by atoms with Crippen molar-refractivity contribution in [2.24, 2.45) is 11.8 Å². The van der Waals surface area contributed by atoms with E-state index in [1.807, 2.05) is 30.5 Å². The molecule has 0 bridgehead atoms. The Hall–Kier alpha value is -3.44. The van der Waals surface area contributed by atoms with E-state index >= 15 is 0 Å².